The van der Waals surface area contributed by atoms with E-state index in [9.17, 15) is 4.79 Å². The Hall–Kier alpha value is -4.14. The van der Waals surface area contributed by atoms with Crippen molar-refractivity contribution in [2.75, 3.05) is 37.9 Å². The molecule has 4 rings (SSSR count). The number of aromatic nitrogens is 3. The molecule has 0 radical (unpaired) electrons. The number of nitrogens with zero attached hydrogens (tertiary/aromatic N) is 4. The van der Waals surface area contributed by atoms with Gasteiger partial charge >= 0.3 is 0 Å². The number of carbonyl (C=O) groups is 1. The summed E-state index contributed by atoms with van der Waals surface area (Å²) in [5.74, 6) is 0.474. The van der Waals surface area contributed by atoms with Crippen molar-refractivity contribution in [2.45, 2.75) is 12.6 Å². The van der Waals surface area contributed by atoms with E-state index >= 15 is 0 Å². The molecular weight excluding hydrogens is 452 g/mol. The van der Waals surface area contributed by atoms with Crippen LogP contribution in [0.15, 0.2) is 91.4 Å². The summed E-state index contributed by atoms with van der Waals surface area (Å²) in [5, 5.41) is 7.24. The van der Waals surface area contributed by atoms with E-state index < -0.39 is 0 Å². The molecule has 0 aliphatic carbocycles. The molecule has 0 aliphatic heterocycles. The van der Waals surface area contributed by atoms with Crippen LogP contribution in [-0.4, -0.2) is 53.0 Å². The standard InChI is InChI=1S/C28H30N6O2/c1-34(2)16-8-12-27(35)32-22-13-14-25-24(17-22)28(31-20-30-25)33-26(21-9-4-3-5-10-21)19-36-18-23-11-6-7-15-29-23/h3-15,17,20,26H,16,18-19H2,1-2H3,(H,32,35)(H,30,31,33)/b12-8+/t26-/m1/s1. The van der Waals surface area contributed by atoms with Crippen molar-refractivity contribution in [1.82, 2.24) is 19.9 Å². The van der Waals surface area contributed by atoms with Gasteiger partial charge in [0.25, 0.3) is 0 Å². The molecule has 1 atom stereocenters. The molecule has 0 saturated carbocycles. The predicted molar refractivity (Wildman–Crippen MR) is 143 cm³/mol. The van der Waals surface area contributed by atoms with E-state index in [1.54, 1.807) is 6.20 Å². The average Bonchev–Trinajstić information content (AvgIpc) is 2.89. The molecule has 0 aliphatic rings. The zero-order chi connectivity index (χ0) is 25.2. The Morgan fingerprint density at radius 1 is 1.03 bits per heavy atom. The van der Waals surface area contributed by atoms with E-state index in [2.05, 4.69) is 37.7 Å². The van der Waals surface area contributed by atoms with Crippen molar-refractivity contribution in [1.29, 1.82) is 0 Å². The molecular formula is C28H30N6O2. The number of likely N-dealkylation sites (N-methyl/N-ethyl adjacent to an activating group) is 1. The number of hydrogen-bond acceptors (Lipinski definition) is 7. The van der Waals surface area contributed by atoms with E-state index in [-0.39, 0.29) is 11.9 Å². The second kappa shape index (κ2) is 12.5. The Kier molecular flexibility index (Phi) is 8.69. The van der Waals surface area contributed by atoms with Crippen LogP contribution in [0.5, 0.6) is 0 Å². The van der Waals surface area contributed by atoms with Gasteiger partial charge in [0.15, 0.2) is 0 Å². The first-order valence-electron chi connectivity index (χ1n) is 11.7. The third kappa shape index (κ3) is 7.18. The summed E-state index contributed by atoms with van der Waals surface area (Å²) in [6.45, 7) is 1.52. The van der Waals surface area contributed by atoms with Crippen LogP contribution >= 0.6 is 0 Å². The summed E-state index contributed by atoms with van der Waals surface area (Å²) in [6, 6.07) is 21.3. The van der Waals surface area contributed by atoms with E-state index in [0.29, 0.717) is 31.3 Å². The topological polar surface area (TPSA) is 92.3 Å². The predicted octanol–water partition coefficient (Wildman–Crippen LogP) is 4.45. The number of fused-ring (bicyclic) bond motifs is 1. The van der Waals surface area contributed by atoms with E-state index in [1.807, 2.05) is 79.7 Å². The van der Waals surface area contributed by atoms with E-state index in [1.165, 1.54) is 12.4 Å². The first kappa shape index (κ1) is 25.0. The first-order valence-corrected chi connectivity index (χ1v) is 11.7. The lowest BCUT2D eigenvalue weighted by Gasteiger charge is -2.21. The molecule has 8 heteroatoms. The quantitative estimate of drug-likeness (QED) is 0.305. The van der Waals surface area contributed by atoms with Crippen molar-refractivity contribution in [3.05, 3.63) is 103 Å². The minimum Gasteiger partial charge on any atom is -0.373 e. The van der Waals surface area contributed by atoms with Crippen molar-refractivity contribution in [3.8, 4) is 0 Å². The fourth-order valence-electron chi connectivity index (χ4n) is 3.64. The van der Waals surface area contributed by atoms with Crippen LogP contribution in [0.4, 0.5) is 11.5 Å². The number of rotatable bonds is 11. The maximum Gasteiger partial charge on any atom is 0.248 e. The molecule has 2 heterocycles. The van der Waals surface area contributed by atoms with Gasteiger partial charge in [0.05, 0.1) is 30.5 Å². The maximum absolute atomic E-state index is 12.3. The summed E-state index contributed by atoms with van der Waals surface area (Å²) in [6.07, 6.45) is 6.65. The van der Waals surface area contributed by atoms with E-state index in [4.69, 9.17) is 4.74 Å². The van der Waals surface area contributed by atoms with Crippen LogP contribution in [0, 0.1) is 0 Å². The lowest BCUT2D eigenvalue weighted by Crippen LogP contribution is -2.18. The number of hydrogen-bond donors (Lipinski definition) is 2. The normalized spacial score (nSPS) is 12.2. The Balaban J connectivity index is 1.53. The molecule has 0 bridgehead atoms. The third-order valence-corrected chi connectivity index (χ3v) is 5.42. The summed E-state index contributed by atoms with van der Waals surface area (Å²) in [4.78, 5) is 27.5. The fourth-order valence-corrected chi connectivity index (χ4v) is 3.64. The molecule has 0 unspecified atom stereocenters. The molecule has 4 aromatic rings. The minimum absolute atomic E-state index is 0.153. The number of pyridine rings is 1. The maximum atomic E-state index is 12.3. The van der Waals surface area contributed by atoms with Crippen molar-refractivity contribution < 1.29 is 9.53 Å². The number of amides is 1. The molecule has 36 heavy (non-hydrogen) atoms. The largest absolute Gasteiger partial charge is 0.373 e. The number of carbonyl (C=O) groups excluding carboxylic acids is 1. The molecule has 2 aromatic heterocycles. The highest BCUT2D eigenvalue weighted by Crippen LogP contribution is 2.27. The van der Waals surface area contributed by atoms with Gasteiger partial charge in [-0.1, -0.05) is 42.5 Å². The van der Waals surface area contributed by atoms with Crippen LogP contribution in [0.25, 0.3) is 10.9 Å². The van der Waals surface area contributed by atoms with Gasteiger partial charge < -0.3 is 20.3 Å². The molecule has 0 spiro atoms. The second-order valence-electron chi connectivity index (χ2n) is 8.55. The Morgan fingerprint density at radius 3 is 2.64 bits per heavy atom. The molecule has 184 valence electrons. The number of anilines is 2. The van der Waals surface area contributed by atoms with Crippen LogP contribution < -0.4 is 10.6 Å². The Morgan fingerprint density at radius 2 is 1.86 bits per heavy atom. The zero-order valence-electron chi connectivity index (χ0n) is 20.5. The highest BCUT2D eigenvalue weighted by molar-refractivity contribution is 6.01. The van der Waals surface area contributed by atoms with Gasteiger partial charge in [0.1, 0.15) is 12.1 Å². The van der Waals surface area contributed by atoms with Crippen molar-refractivity contribution in [2.24, 2.45) is 0 Å². The molecule has 1 amide bonds. The SMILES string of the molecule is CN(C)C/C=C/C(=O)Nc1ccc2ncnc(N[C@H](COCc3ccccn3)c3ccccc3)c2c1. The highest BCUT2D eigenvalue weighted by atomic mass is 16.5. The summed E-state index contributed by atoms with van der Waals surface area (Å²) in [5.41, 5.74) is 3.38. The van der Waals surface area contributed by atoms with Gasteiger partial charge in [-0.2, -0.15) is 0 Å². The van der Waals surface area contributed by atoms with Crippen LogP contribution in [0.2, 0.25) is 0 Å². The minimum atomic E-state index is -0.187. The van der Waals surface area contributed by atoms with Gasteiger partial charge in [-0.25, -0.2) is 9.97 Å². The summed E-state index contributed by atoms with van der Waals surface area (Å²) >= 11 is 0. The first-order chi connectivity index (χ1) is 17.6. The van der Waals surface area contributed by atoms with E-state index in [0.717, 1.165) is 22.2 Å². The number of nitrogens with one attached hydrogen (secondary N) is 2. The summed E-state index contributed by atoms with van der Waals surface area (Å²) in [7, 11) is 3.90. The molecule has 8 nitrogen and oxygen atoms in total. The summed E-state index contributed by atoms with van der Waals surface area (Å²) < 4.78 is 6.01. The smallest absolute Gasteiger partial charge is 0.248 e. The lowest BCUT2D eigenvalue weighted by molar-refractivity contribution is -0.111. The number of benzene rings is 2. The van der Waals surface area contributed by atoms with Gasteiger partial charge in [-0.3, -0.25) is 9.78 Å². The second-order valence-corrected chi connectivity index (χ2v) is 8.55. The molecule has 2 aromatic carbocycles. The number of ether oxygens (including phenoxy) is 1. The highest BCUT2D eigenvalue weighted by Gasteiger charge is 2.15. The fraction of sp³-hybridized carbons (Fsp3) is 0.214. The lowest BCUT2D eigenvalue weighted by atomic mass is 10.1. The third-order valence-electron chi connectivity index (χ3n) is 5.42. The average molecular weight is 483 g/mol. The zero-order valence-corrected chi connectivity index (χ0v) is 20.5. The van der Waals surface area contributed by atoms with Crippen LogP contribution in [0.1, 0.15) is 17.3 Å². The Labute approximate surface area is 211 Å². The van der Waals surface area contributed by atoms with Gasteiger partial charge in [0.2, 0.25) is 5.91 Å². The Bertz CT molecular complexity index is 1300. The molecule has 0 saturated heterocycles. The monoisotopic (exact) mass is 482 g/mol. The molecule has 2 N–H and O–H groups in total. The van der Waals surface area contributed by atoms with Gasteiger partial charge in [-0.05, 0) is 50.0 Å². The van der Waals surface area contributed by atoms with Gasteiger partial charge in [0, 0.05) is 29.9 Å². The van der Waals surface area contributed by atoms with Crippen molar-refractivity contribution >= 4 is 28.3 Å². The van der Waals surface area contributed by atoms with Crippen LogP contribution in [0.3, 0.4) is 0 Å². The van der Waals surface area contributed by atoms with Gasteiger partial charge in [-0.15, -0.1) is 0 Å². The molecule has 0 fully saturated rings. The van der Waals surface area contributed by atoms with Crippen molar-refractivity contribution in [3.63, 3.8) is 0 Å². The van der Waals surface area contributed by atoms with Crippen LogP contribution in [-0.2, 0) is 16.1 Å².